The van der Waals surface area contributed by atoms with Crippen molar-refractivity contribution in [1.82, 2.24) is 10.2 Å². The minimum atomic E-state index is 0.350. The smallest absolute Gasteiger partial charge is 0.222 e. The Hall–Kier alpha value is -0.570. The van der Waals surface area contributed by atoms with Crippen LogP contribution in [-0.4, -0.2) is 37.0 Å². The standard InChI is InChI=1S/C12H24N2O/c1-10-4-5-12(15)14(8-6-10)9-7-11(2)13-3/h10-11,13H,4-9H2,1-3H3. The van der Waals surface area contributed by atoms with Gasteiger partial charge in [-0.1, -0.05) is 6.92 Å². The number of carbonyl (C=O) groups excluding carboxylic acids is 1. The zero-order chi connectivity index (χ0) is 11.3. The molecule has 2 unspecified atom stereocenters. The lowest BCUT2D eigenvalue weighted by Crippen LogP contribution is -2.35. The van der Waals surface area contributed by atoms with Crippen LogP contribution in [0.25, 0.3) is 0 Å². The number of likely N-dealkylation sites (tertiary alicyclic amines) is 1. The molecule has 0 aromatic heterocycles. The molecule has 88 valence electrons. The van der Waals surface area contributed by atoms with Crippen LogP contribution in [0.1, 0.15) is 39.5 Å². The molecule has 0 aliphatic carbocycles. The van der Waals surface area contributed by atoms with Gasteiger partial charge in [0, 0.05) is 25.6 Å². The molecule has 0 aromatic carbocycles. The van der Waals surface area contributed by atoms with Gasteiger partial charge in [0.05, 0.1) is 0 Å². The number of nitrogens with one attached hydrogen (secondary N) is 1. The normalized spacial score (nSPS) is 25.1. The fourth-order valence-electron chi connectivity index (χ4n) is 1.90. The molecule has 3 nitrogen and oxygen atoms in total. The van der Waals surface area contributed by atoms with Gasteiger partial charge >= 0.3 is 0 Å². The van der Waals surface area contributed by atoms with Crippen molar-refractivity contribution in [2.24, 2.45) is 5.92 Å². The predicted molar refractivity (Wildman–Crippen MR) is 62.7 cm³/mol. The van der Waals surface area contributed by atoms with Crippen molar-refractivity contribution in [1.29, 1.82) is 0 Å². The first-order valence-corrected chi connectivity index (χ1v) is 6.08. The molecule has 1 amide bonds. The predicted octanol–water partition coefficient (Wildman–Crippen LogP) is 1.63. The summed E-state index contributed by atoms with van der Waals surface area (Å²) in [7, 11) is 1.97. The van der Waals surface area contributed by atoms with E-state index in [0.717, 1.165) is 32.4 Å². The largest absolute Gasteiger partial charge is 0.343 e. The Kier molecular flexibility index (Phi) is 5.09. The Morgan fingerprint density at radius 3 is 2.93 bits per heavy atom. The average Bonchev–Trinajstić information content (AvgIpc) is 2.39. The first kappa shape index (κ1) is 12.5. The van der Waals surface area contributed by atoms with E-state index >= 15 is 0 Å². The molecule has 0 saturated carbocycles. The van der Waals surface area contributed by atoms with E-state index in [1.807, 2.05) is 11.9 Å². The second-order valence-electron chi connectivity index (χ2n) is 4.79. The fraction of sp³-hybridized carbons (Fsp3) is 0.917. The first-order chi connectivity index (χ1) is 7.13. The highest BCUT2D eigenvalue weighted by molar-refractivity contribution is 5.76. The summed E-state index contributed by atoms with van der Waals surface area (Å²) in [6, 6.07) is 0.499. The van der Waals surface area contributed by atoms with E-state index in [0.29, 0.717) is 17.9 Å². The summed E-state index contributed by atoms with van der Waals surface area (Å²) < 4.78 is 0. The third-order valence-electron chi connectivity index (χ3n) is 3.42. The van der Waals surface area contributed by atoms with Crippen molar-refractivity contribution in [3.63, 3.8) is 0 Å². The van der Waals surface area contributed by atoms with Crippen LogP contribution in [0.3, 0.4) is 0 Å². The molecule has 3 heteroatoms. The van der Waals surface area contributed by atoms with Crippen molar-refractivity contribution >= 4 is 5.91 Å². The molecule has 1 aliphatic heterocycles. The van der Waals surface area contributed by atoms with Crippen molar-refractivity contribution in [3.05, 3.63) is 0 Å². The molecule has 1 rings (SSSR count). The van der Waals surface area contributed by atoms with Crippen molar-refractivity contribution < 1.29 is 4.79 Å². The summed E-state index contributed by atoms with van der Waals surface area (Å²) in [5.74, 6) is 1.06. The zero-order valence-corrected chi connectivity index (χ0v) is 10.3. The molecule has 0 aromatic rings. The third kappa shape index (κ3) is 4.20. The summed E-state index contributed by atoms with van der Waals surface area (Å²) in [6.45, 7) is 6.27. The van der Waals surface area contributed by atoms with Crippen LogP contribution in [-0.2, 0) is 4.79 Å². The van der Waals surface area contributed by atoms with E-state index in [-0.39, 0.29) is 0 Å². The van der Waals surface area contributed by atoms with Gasteiger partial charge in [-0.3, -0.25) is 4.79 Å². The van der Waals surface area contributed by atoms with Gasteiger partial charge in [0.25, 0.3) is 0 Å². The summed E-state index contributed by atoms with van der Waals surface area (Å²) >= 11 is 0. The van der Waals surface area contributed by atoms with Crippen molar-refractivity contribution in [2.45, 2.75) is 45.6 Å². The molecule has 1 aliphatic rings. The van der Waals surface area contributed by atoms with Gasteiger partial charge in [-0.25, -0.2) is 0 Å². The molecule has 1 N–H and O–H groups in total. The van der Waals surface area contributed by atoms with Crippen LogP contribution >= 0.6 is 0 Å². The Morgan fingerprint density at radius 1 is 1.53 bits per heavy atom. The molecular formula is C12H24N2O. The van der Waals surface area contributed by atoms with Crippen LogP contribution in [0.2, 0.25) is 0 Å². The maximum Gasteiger partial charge on any atom is 0.222 e. The van der Waals surface area contributed by atoms with Gasteiger partial charge in [-0.2, -0.15) is 0 Å². The van der Waals surface area contributed by atoms with Gasteiger partial charge < -0.3 is 10.2 Å². The van der Waals surface area contributed by atoms with Gasteiger partial charge in [0.1, 0.15) is 0 Å². The van der Waals surface area contributed by atoms with E-state index in [2.05, 4.69) is 19.2 Å². The maximum atomic E-state index is 11.8. The molecule has 15 heavy (non-hydrogen) atoms. The lowest BCUT2D eigenvalue weighted by molar-refractivity contribution is -0.130. The van der Waals surface area contributed by atoms with Crippen molar-refractivity contribution in [3.8, 4) is 0 Å². The molecular weight excluding hydrogens is 188 g/mol. The Labute approximate surface area is 93.2 Å². The highest BCUT2D eigenvalue weighted by atomic mass is 16.2. The topological polar surface area (TPSA) is 32.3 Å². The van der Waals surface area contributed by atoms with Crippen LogP contribution in [0, 0.1) is 5.92 Å². The van der Waals surface area contributed by atoms with Gasteiger partial charge in [0.15, 0.2) is 0 Å². The fourth-order valence-corrected chi connectivity index (χ4v) is 1.90. The lowest BCUT2D eigenvalue weighted by atomic mass is 10.0. The molecule has 1 heterocycles. The van der Waals surface area contributed by atoms with Crippen LogP contribution in [0.15, 0.2) is 0 Å². The zero-order valence-electron chi connectivity index (χ0n) is 10.3. The number of hydrogen-bond donors (Lipinski definition) is 1. The van der Waals surface area contributed by atoms with Gasteiger partial charge in [-0.15, -0.1) is 0 Å². The molecule has 0 bridgehead atoms. The van der Waals surface area contributed by atoms with E-state index in [9.17, 15) is 4.79 Å². The molecule has 2 atom stereocenters. The summed E-state index contributed by atoms with van der Waals surface area (Å²) in [5.41, 5.74) is 0. The number of rotatable bonds is 4. The number of nitrogens with zero attached hydrogens (tertiary/aromatic N) is 1. The second kappa shape index (κ2) is 6.11. The van der Waals surface area contributed by atoms with E-state index in [1.54, 1.807) is 0 Å². The summed E-state index contributed by atoms with van der Waals surface area (Å²) in [6.07, 6.45) is 4.03. The second-order valence-corrected chi connectivity index (χ2v) is 4.79. The Bertz CT molecular complexity index is 206. The van der Waals surface area contributed by atoms with Crippen LogP contribution < -0.4 is 5.32 Å². The first-order valence-electron chi connectivity index (χ1n) is 6.08. The third-order valence-corrected chi connectivity index (χ3v) is 3.42. The van der Waals surface area contributed by atoms with Crippen LogP contribution in [0.4, 0.5) is 0 Å². The van der Waals surface area contributed by atoms with Gasteiger partial charge in [-0.05, 0) is 39.2 Å². The molecule has 1 fully saturated rings. The minimum absolute atomic E-state index is 0.350. The van der Waals surface area contributed by atoms with Gasteiger partial charge in [0.2, 0.25) is 5.91 Å². The maximum absolute atomic E-state index is 11.8. The Balaban J connectivity index is 2.35. The number of hydrogen-bond acceptors (Lipinski definition) is 2. The highest BCUT2D eigenvalue weighted by Crippen LogP contribution is 2.17. The average molecular weight is 212 g/mol. The molecule has 1 saturated heterocycles. The van der Waals surface area contributed by atoms with E-state index in [4.69, 9.17) is 0 Å². The highest BCUT2D eigenvalue weighted by Gasteiger charge is 2.19. The van der Waals surface area contributed by atoms with Crippen molar-refractivity contribution in [2.75, 3.05) is 20.1 Å². The SMILES string of the molecule is CNC(C)CCN1CCC(C)CCC1=O. The quantitative estimate of drug-likeness (QED) is 0.768. The number of carbonyl (C=O) groups is 1. The van der Waals surface area contributed by atoms with E-state index in [1.165, 1.54) is 6.42 Å². The summed E-state index contributed by atoms with van der Waals surface area (Å²) in [5, 5.41) is 3.21. The molecule has 0 radical (unpaired) electrons. The molecule has 0 spiro atoms. The monoisotopic (exact) mass is 212 g/mol. The Morgan fingerprint density at radius 2 is 2.27 bits per heavy atom. The number of amides is 1. The van der Waals surface area contributed by atoms with E-state index < -0.39 is 0 Å². The lowest BCUT2D eigenvalue weighted by Gasteiger charge is -2.22. The summed E-state index contributed by atoms with van der Waals surface area (Å²) in [4.78, 5) is 13.8. The minimum Gasteiger partial charge on any atom is -0.343 e. The van der Waals surface area contributed by atoms with Crippen LogP contribution in [0.5, 0.6) is 0 Å².